The first-order valence-electron chi connectivity index (χ1n) is 7.75. The summed E-state index contributed by atoms with van der Waals surface area (Å²) in [5.74, 6) is -0.472. The number of fused-ring (bicyclic) bond motifs is 1. The van der Waals surface area contributed by atoms with Gasteiger partial charge in [0.05, 0.1) is 29.8 Å². The van der Waals surface area contributed by atoms with Crippen molar-refractivity contribution in [1.29, 1.82) is 0 Å². The van der Waals surface area contributed by atoms with E-state index < -0.39 is 17.2 Å². The molecule has 0 unspecified atom stereocenters. The van der Waals surface area contributed by atoms with Crippen molar-refractivity contribution in [2.75, 3.05) is 13.7 Å². The minimum absolute atomic E-state index is 0.124. The molecule has 0 atom stereocenters. The van der Waals surface area contributed by atoms with Crippen molar-refractivity contribution < 1.29 is 14.3 Å². The maximum Gasteiger partial charge on any atom is 0.335 e. The lowest BCUT2D eigenvalue weighted by molar-refractivity contribution is -0.146. The van der Waals surface area contributed by atoms with Gasteiger partial charge in [-0.1, -0.05) is 0 Å². The van der Waals surface area contributed by atoms with Gasteiger partial charge in [0.15, 0.2) is 0 Å². The van der Waals surface area contributed by atoms with Crippen LogP contribution in [-0.2, 0) is 27.9 Å². The fourth-order valence-corrected chi connectivity index (χ4v) is 3.25. The number of carbonyl (C=O) groups is 1. The van der Waals surface area contributed by atoms with Gasteiger partial charge in [0.1, 0.15) is 6.61 Å². The zero-order valence-electron chi connectivity index (χ0n) is 14.5. The Kier molecular flexibility index (Phi) is 5.01. The number of benzene rings is 1. The van der Waals surface area contributed by atoms with Crippen molar-refractivity contribution in [1.82, 2.24) is 13.5 Å². The van der Waals surface area contributed by atoms with Gasteiger partial charge < -0.3 is 14.0 Å². The van der Waals surface area contributed by atoms with Crippen molar-refractivity contribution in [2.45, 2.75) is 13.5 Å². The molecule has 136 valence electrons. The van der Waals surface area contributed by atoms with Crippen LogP contribution in [0.25, 0.3) is 15.8 Å². The summed E-state index contributed by atoms with van der Waals surface area (Å²) in [4.78, 5) is 35.9. The van der Waals surface area contributed by atoms with Crippen LogP contribution < -0.4 is 11.2 Å². The number of hydrogen-bond donors (Lipinski definition) is 0. The van der Waals surface area contributed by atoms with Crippen molar-refractivity contribution in [2.24, 2.45) is 7.05 Å². The minimum Gasteiger partial charge on any atom is -0.467 e. The van der Waals surface area contributed by atoms with E-state index in [1.165, 1.54) is 29.3 Å². The first-order chi connectivity index (χ1) is 12.4. The van der Waals surface area contributed by atoms with E-state index in [4.69, 9.17) is 4.74 Å². The van der Waals surface area contributed by atoms with Gasteiger partial charge in [-0.15, -0.1) is 0 Å². The average Bonchev–Trinajstić information content (AvgIpc) is 3.02. The molecule has 0 fully saturated rings. The number of carbonyl (C=O) groups excluding carboxylic acids is 1. The molecule has 1 aromatic carbocycles. The van der Waals surface area contributed by atoms with Crippen molar-refractivity contribution in [3.63, 3.8) is 0 Å². The number of aromatic nitrogens is 3. The van der Waals surface area contributed by atoms with E-state index in [1.54, 1.807) is 32.2 Å². The molecule has 26 heavy (non-hydrogen) atoms. The number of nitrogens with zero attached hydrogens (tertiary/aromatic N) is 3. The normalized spacial score (nSPS) is 11.0. The van der Waals surface area contributed by atoms with Crippen LogP contribution in [0.5, 0.6) is 0 Å². The Bertz CT molecular complexity index is 1100. The van der Waals surface area contributed by atoms with Crippen LogP contribution in [0, 0.1) is 6.92 Å². The zero-order chi connectivity index (χ0) is 18.8. The number of methoxy groups -OCH3 is 1. The van der Waals surface area contributed by atoms with E-state index in [0.29, 0.717) is 17.1 Å². The van der Waals surface area contributed by atoms with Gasteiger partial charge in [0.25, 0.3) is 5.56 Å². The molecule has 0 saturated heterocycles. The van der Waals surface area contributed by atoms with E-state index in [1.807, 2.05) is 0 Å². The van der Waals surface area contributed by atoms with Gasteiger partial charge in [0, 0.05) is 24.2 Å². The van der Waals surface area contributed by atoms with Crippen LogP contribution in [0.1, 0.15) is 11.4 Å². The molecule has 0 aliphatic heterocycles. The maximum atomic E-state index is 12.5. The third-order valence-corrected chi connectivity index (χ3v) is 4.90. The lowest BCUT2D eigenvalue weighted by atomic mass is 10.2. The molecule has 3 aromatic rings. The third-order valence-electron chi connectivity index (χ3n) is 4.03. The summed E-state index contributed by atoms with van der Waals surface area (Å²) in [7, 11) is 2.90. The van der Waals surface area contributed by atoms with Crippen LogP contribution in [0.15, 0.2) is 33.9 Å². The molecule has 0 radical (unpaired) electrons. The number of ether oxygens (including phenoxy) is 2. The lowest BCUT2D eigenvalue weighted by Crippen LogP contribution is -2.38. The number of aryl methyl sites for hydroxylation is 1. The molecule has 3 rings (SSSR count). The molecule has 0 saturated carbocycles. The second kappa shape index (κ2) is 7.22. The predicted molar refractivity (Wildman–Crippen MR) is 96.9 cm³/mol. The molecule has 8 nitrogen and oxygen atoms in total. The third kappa shape index (κ3) is 3.31. The molecule has 0 spiro atoms. The highest BCUT2D eigenvalue weighted by Crippen LogP contribution is 2.25. The second-order valence-corrected chi connectivity index (χ2v) is 6.48. The second-order valence-electron chi connectivity index (χ2n) is 5.68. The van der Waals surface area contributed by atoms with Gasteiger partial charge in [0.2, 0.25) is 0 Å². The summed E-state index contributed by atoms with van der Waals surface area (Å²) in [6.45, 7) is 1.66. The molecular formula is C17H17N3O5S. The lowest BCUT2D eigenvalue weighted by Gasteiger charge is -2.09. The summed E-state index contributed by atoms with van der Waals surface area (Å²) in [6, 6.07) is 6.65. The molecule has 0 aliphatic rings. The van der Waals surface area contributed by atoms with E-state index >= 15 is 0 Å². The Morgan fingerprint density at radius 2 is 2.04 bits per heavy atom. The smallest absolute Gasteiger partial charge is 0.335 e. The van der Waals surface area contributed by atoms with Gasteiger partial charge in [-0.25, -0.2) is 14.2 Å². The average molecular weight is 375 g/mol. The Labute approximate surface area is 152 Å². The summed E-state index contributed by atoms with van der Waals surface area (Å²) in [6.07, 6.45) is 0. The van der Waals surface area contributed by atoms with Crippen LogP contribution in [0.3, 0.4) is 0 Å². The van der Waals surface area contributed by atoms with E-state index in [9.17, 15) is 14.4 Å². The van der Waals surface area contributed by atoms with Crippen molar-refractivity contribution in [3.8, 4) is 5.69 Å². The van der Waals surface area contributed by atoms with Gasteiger partial charge in [-0.3, -0.25) is 4.79 Å². The first kappa shape index (κ1) is 18.0. The Morgan fingerprint density at radius 3 is 2.77 bits per heavy atom. The van der Waals surface area contributed by atoms with Crippen molar-refractivity contribution in [3.05, 3.63) is 56.5 Å². The molecule has 0 N–H and O–H groups in total. The fraction of sp³-hybridized carbons (Fsp3) is 0.294. The topological polar surface area (TPSA) is 92.4 Å². The Morgan fingerprint density at radius 1 is 1.27 bits per heavy atom. The molecule has 2 heterocycles. The molecule has 0 aliphatic carbocycles. The Hall–Kier alpha value is -2.78. The Balaban J connectivity index is 2.01. The quantitative estimate of drug-likeness (QED) is 0.621. The van der Waals surface area contributed by atoms with Crippen LogP contribution >= 0.6 is 11.5 Å². The molecule has 0 bridgehead atoms. The molecule has 2 aromatic heterocycles. The molecule has 0 amide bonds. The molecular weight excluding hydrogens is 358 g/mol. The first-order valence-corrected chi connectivity index (χ1v) is 8.52. The van der Waals surface area contributed by atoms with E-state index in [0.717, 1.165) is 14.7 Å². The zero-order valence-corrected chi connectivity index (χ0v) is 15.3. The monoisotopic (exact) mass is 375 g/mol. The van der Waals surface area contributed by atoms with Crippen LogP contribution in [-0.4, -0.2) is 33.2 Å². The van der Waals surface area contributed by atoms with Gasteiger partial charge in [-0.2, -0.15) is 4.37 Å². The van der Waals surface area contributed by atoms with Crippen molar-refractivity contribution >= 4 is 27.6 Å². The highest BCUT2D eigenvalue weighted by atomic mass is 32.1. The van der Waals surface area contributed by atoms with E-state index in [-0.39, 0.29) is 13.2 Å². The number of hydrogen-bond acceptors (Lipinski definition) is 7. The summed E-state index contributed by atoms with van der Waals surface area (Å²) in [5, 5.41) is 0.770. The highest BCUT2D eigenvalue weighted by molar-refractivity contribution is 7.13. The number of esters is 1. The van der Waals surface area contributed by atoms with E-state index in [2.05, 4.69) is 9.11 Å². The standard InChI is InChI=1S/C17H17N3O5S/c1-10-6-15(21)20(17(23)19(10)2)11-4-5-14-12(7-11)13(18-26-14)8-25-9-16(22)24-3/h4-7H,8-9H2,1-3H3. The summed E-state index contributed by atoms with van der Waals surface area (Å²) < 4.78 is 17.6. The molecule has 9 heteroatoms. The SMILES string of the molecule is COC(=O)COCc1nsc2ccc(-n3c(=O)cc(C)n(C)c3=O)cc12. The largest absolute Gasteiger partial charge is 0.467 e. The number of rotatable bonds is 5. The minimum atomic E-state index is -0.472. The highest BCUT2D eigenvalue weighted by Gasteiger charge is 2.13. The maximum absolute atomic E-state index is 12.5. The van der Waals surface area contributed by atoms with Crippen LogP contribution in [0.4, 0.5) is 0 Å². The van der Waals surface area contributed by atoms with Gasteiger partial charge >= 0.3 is 11.7 Å². The summed E-state index contributed by atoms with van der Waals surface area (Å²) in [5.41, 5.74) is 0.870. The van der Waals surface area contributed by atoms with Crippen LogP contribution in [0.2, 0.25) is 0 Å². The van der Waals surface area contributed by atoms with Gasteiger partial charge in [-0.05, 0) is 36.7 Å². The summed E-state index contributed by atoms with van der Waals surface area (Å²) >= 11 is 1.28. The predicted octanol–water partition coefficient (Wildman–Crippen LogP) is 1.14. The fourth-order valence-electron chi connectivity index (χ4n) is 2.48.